The molecular formula is C24H34O6S2. The Morgan fingerprint density at radius 1 is 0.781 bits per heavy atom. The van der Waals surface area contributed by atoms with Crippen molar-refractivity contribution in [3.8, 4) is 32.8 Å². The molecule has 6 nitrogen and oxygen atoms in total. The number of thiophene rings is 2. The minimum Gasteiger partial charge on any atom is -0.488 e. The van der Waals surface area contributed by atoms with Gasteiger partial charge in [0.2, 0.25) is 0 Å². The highest BCUT2D eigenvalue weighted by atomic mass is 32.1. The van der Waals surface area contributed by atoms with Gasteiger partial charge in [-0.2, -0.15) is 0 Å². The van der Waals surface area contributed by atoms with Crippen molar-refractivity contribution in [2.45, 2.75) is 53.4 Å². The maximum absolute atomic E-state index is 9.92. The Hall–Kier alpha value is -1.48. The van der Waals surface area contributed by atoms with Crippen LogP contribution >= 0.6 is 22.7 Å². The van der Waals surface area contributed by atoms with Crippen molar-refractivity contribution < 1.29 is 29.2 Å². The van der Waals surface area contributed by atoms with Gasteiger partial charge in [0.1, 0.15) is 13.2 Å². The van der Waals surface area contributed by atoms with Gasteiger partial charge in [-0.05, 0) is 6.42 Å². The third-order valence-corrected chi connectivity index (χ3v) is 8.89. The molecule has 0 unspecified atom stereocenters. The van der Waals surface area contributed by atoms with Crippen molar-refractivity contribution in [1.29, 1.82) is 0 Å². The monoisotopic (exact) mass is 482 g/mol. The molecule has 0 atom stereocenters. The van der Waals surface area contributed by atoms with E-state index >= 15 is 0 Å². The fourth-order valence-corrected chi connectivity index (χ4v) is 6.21. The number of aliphatic hydroxyl groups is 2. The Kier molecular flexibility index (Phi) is 6.20. The van der Waals surface area contributed by atoms with E-state index < -0.39 is 5.41 Å². The van der Waals surface area contributed by atoms with Gasteiger partial charge in [-0.15, -0.1) is 22.7 Å². The van der Waals surface area contributed by atoms with Gasteiger partial charge in [0.05, 0.1) is 51.4 Å². The van der Waals surface area contributed by atoms with Gasteiger partial charge in [-0.3, -0.25) is 0 Å². The first kappa shape index (κ1) is 23.7. The first-order valence-corrected chi connectivity index (χ1v) is 12.7. The number of aryl methyl sites for hydroxylation is 1. The van der Waals surface area contributed by atoms with Crippen molar-refractivity contribution in [2.24, 2.45) is 10.8 Å². The van der Waals surface area contributed by atoms with Crippen molar-refractivity contribution in [2.75, 3.05) is 39.6 Å². The number of ether oxygens (including phenoxy) is 4. The van der Waals surface area contributed by atoms with Gasteiger partial charge >= 0.3 is 0 Å². The lowest BCUT2D eigenvalue weighted by Crippen LogP contribution is -2.40. The van der Waals surface area contributed by atoms with Crippen LogP contribution < -0.4 is 18.9 Å². The molecule has 4 heterocycles. The second kappa shape index (κ2) is 8.38. The van der Waals surface area contributed by atoms with E-state index in [1.54, 1.807) is 22.7 Å². The summed E-state index contributed by atoms with van der Waals surface area (Å²) in [5, 5.41) is 19.8. The Labute approximate surface area is 198 Å². The van der Waals surface area contributed by atoms with E-state index in [0.717, 1.165) is 37.4 Å². The first-order valence-electron chi connectivity index (χ1n) is 11.1. The molecule has 0 radical (unpaired) electrons. The van der Waals surface area contributed by atoms with E-state index in [1.807, 2.05) is 0 Å². The van der Waals surface area contributed by atoms with Gasteiger partial charge in [-0.25, -0.2) is 0 Å². The van der Waals surface area contributed by atoms with E-state index in [1.165, 1.54) is 0 Å². The van der Waals surface area contributed by atoms with Gasteiger partial charge in [0.15, 0.2) is 23.0 Å². The van der Waals surface area contributed by atoms with Gasteiger partial charge in [0, 0.05) is 10.8 Å². The van der Waals surface area contributed by atoms with Crippen LogP contribution in [0.3, 0.4) is 0 Å². The molecule has 2 aliphatic rings. The van der Waals surface area contributed by atoms with E-state index in [4.69, 9.17) is 18.9 Å². The number of fused-ring (bicyclic) bond motifs is 2. The molecule has 4 rings (SSSR count). The third kappa shape index (κ3) is 4.11. The summed E-state index contributed by atoms with van der Waals surface area (Å²) < 4.78 is 25.1. The lowest BCUT2D eigenvalue weighted by molar-refractivity contribution is -0.00712. The van der Waals surface area contributed by atoms with Crippen LogP contribution in [0.4, 0.5) is 0 Å². The zero-order chi connectivity index (χ0) is 23.3. The van der Waals surface area contributed by atoms with Crippen LogP contribution in [0.1, 0.15) is 51.3 Å². The standard InChI is InChI=1S/C24H34O6S2/c1-7-14-15-16(28-11-23(5,6)10-27-15)19(31-14)20-17-18(21(32-20)22(2,3)4)30-13-24(8-25,9-26)12-29-17/h25-26H,7-13H2,1-6H3. The molecule has 2 aliphatic heterocycles. The SMILES string of the molecule is CCc1sc(-c2sc(C(C)(C)C)c3c2OCC(CO)(CO)CO3)c2c1OCC(C)(C)CO2. The van der Waals surface area contributed by atoms with Crippen LogP contribution in [0.2, 0.25) is 0 Å². The minimum atomic E-state index is -0.840. The summed E-state index contributed by atoms with van der Waals surface area (Å²) in [7, 11) is 0. The smallest absolute Gasteiger partial charge is 0.181 e. The Morgan fingerprint density at radius 2 is 1.28 bits per heavy atom. The average molecular weight is 483 g/mol. The second-order valence-corrected chi connectivity index (χ2v) is 12.8. The first-order chi connectivity index (χ1) is 15.0. The highest BCUT2D eigenvalue weighted by Gasteiger charge is 2.40. The van der Waals surface area contributed by atoms with Crippen molar-refractivity contribution >= 4 is 22.7 Å². The van der Waals surface area contributed by atoms with E-state index in [2.05, 4.69) is 41.5 Å². The average Bonchev–Trinajstić information content (AvgIpc) is 3.16. The molecule has 32 heavy (non-hydrogen) atoms. The summed E-state index contributed by atoms with van der Waals surface area (Å²) in [5.41, 5.74) is -1.08. The Balaban J connectivity index is 1.87. The van der Waals surface area contributed by atoms with Gasteiger partial charge < -0.3 is 29.2 Å². The zero-order valence-electron chi connectivity index (χ0n) is 19.8. The van der Waals surface area contributed by atoms with Crippen molar-refractivity contribution in [3.05, 3.63) is 9.75 Å². The molecule has 8 heteroatoms. The Morgan fingerprint density at radius 3 is 1.84 bits per heavy atom. The summed E-state index contributed by atoms with van der Waals surface area (Å²) in [6.45, 7) is 14.0. The van der Waals surface area contributed by atoms with Crippen LogP contribution in [-0.4, -0.2) is 49.9 Å². The van der Waals surface area contributed by atoms with Crippen molar-refractivity contribution in [3.63, 3.8) is 0 Å². The molecule has 0 aliphatic carbocycles. The largest absolute Gasteiger partial charge is 0.488 e. The molecule has 0 aromatic carbocycles. The predicted molar refractivity (Wildman–Crippen MR) is 128 cm³/mol. The molecule has 0 saturated carbocycles. The van der Waals surface area contributed by atoms with Crippen LogP contribution in [0.25, 0.3) is 9.75 Å². The molecule has 0 spiro atoms. The topological polar surface area (TPSA) is 77.4 Å². The maximum atomic E-state index is 9.92. The minimum absolute atomic E-state index is 0.0800. The van der Waals surface area contributed by atoms with Crippen LogP contribution in [0.5, 0.6) is 23.0 Å². The molecule has 0 amide bonds. The normalized spacial score (nSPS) is 19.4. The van der Waals surface area contributed by atoms with E-state index in [0.29, 0.717) is 24.7 Å². The maximum Gasteiger partial charge on any atom is 0.181 e. The fourth-order valence-electron chi connectivity index (χ4n) is 3.71. The lowest BCUT2D eigenvalue weighted by Gasteiger charge is -2.26. The number of aliphatic hydroxyl groups excluding tert-OH is 2. The second-order valence-electron chi connectivity index (χ2n) is 10.7. The molecule has 178 valence electrons. The highest BCUT2D eigenvalue weighted by molar-refractivity contribution is 7.23. The summed E-state index contributed by atoms with van der Waals surface area (Å²) in [6.07, 6.45) is 0.853. The summed E-state index contributed by atoms with van der Waals surface area (Å²) in [6, 6.07) is 0. The fraction of sp³-hybridized carbons (Fsp3) is 0.667. The number of hydrogen-bond acceptors (Lipinski definition) is 8. The molecule has 2 aromatic heterocycles. The number of hydrogen-bond donors (Lipinski definition) is 2. The van der Waals surface area contributed by atoms with E-state index in [9.17, 15) is 10.2 Å². The van der Waals surface area contributed by atoms with Gasteiger partial charge in [-0.1, -0.05) is 41.5 Å². The molecule has 2 aromatic rings. The highest BCUT2D eigenvalue weighted by Crippen LogP contribution is 2.59. The zero-order valence-corrected chi connectivity index (χ0v) is 21.4. The quantitative estimate of drug-likeness (QED) is 0.647. The van der Waals surface area contributed by atoms with Gasteiger partial charge in [0.25, 0.3) is 0 Å². The number of rotatable bonds is 4. The predicted octanol–water partition coefficient (Wildman–Crippen LogP) is 4.88. The molecule has 0 bridgehead atoms. The lowest BCUT2D eigenvalue weighted by atomic mass is 9.92. The Bertz CT molecular complexity index is 978. The molecule has 0 fully saturated rings. The molecule has 2 N–H and O–H groups in total. The van der Waals surface area contributed by atoms with Crippen LogP contribution in [0.15, 0.2) is 0 Å². The van der Waals surface area contributed by atoms with Crippen LogP contribution in [-0.2, 0) is 11.8 Å². The summed E-state index contributed by atoms with van der Waals surface area (Å²) in [4.78, 5) is 4.18. The molecule has 0 saturated heterocycles. The van der Waals surface area contributed by atoms with Crippen LogP contribution in [0, 0.1) is 10.8 Å². The summed E-state index contributed by atoms with van der Waals surface area (Å²) >= 11 is 3.34. The summed E-state index contributed by atoms with van der Waals surface area (Å²) in [5.74, 6) is 3.00. The third-order valence-electron chi connectivity index (χ3n) is 5.85. The molecular weight excluding hydrogens is 448 g/mol. The van der Waals surface area contributed by atoms with E-state index in [-0.39, 0.29) is 37.3 Å². The van der Waals surface area contributed by atoms with Crippen molar-refractivity contribution in [1.82, 2.24) is 0 Å².